The Kier molecular flexibility index (Phi) is 4.60. The van der Waals surface area contributed by atoms with Gasteiger partial charge in [-0.2, -0.15) is 5.10 Å². The fourth-order valence-electron chi connectivity index (χ4n) is 0.901. The summed E-state index contributed by atoms with van der Waals surface area (Å²) < 4.78 is 5.37. The van der Waals surface area contributed by atoms with Crippen molar-refractivity contribution in [2.24, 2.45) is 10.8 Å². The third-order valence-electron chi connectivity index (χ3n) is 1.62. The highest BCUT2D eigenvalue weighted by molar-refractivity contribution is 6.30. The smallest absolute Gasteiger partial charge is 0.332 e. The van der Waals surface area contributed by atoms with Gasteiger partial charge >= 0.3 is 6.03 Å². The normalized spacial score (nSPS) is 11.0. The van der Waals surface area contributed by atoms with Crippen LogP contribution in [-0.2, 0) is 0 Å². The molecule has 0 atom stereocenters. The molecule has 0 radical (unpaired) electrons. The molecule has 86 valence electrons. The van der Waals surface area contributed by atoms with Crippen LogP contribution in [-0.4, -0.2) is 18.3 Å². The molecule has 2 amide bonds. The zero-order valence-electron chi connectivity index (χ0n) is 8.74. The summed E-state index contributed by atoms with van der Waals surface area (Å²) in [5.74, 6) is 0.679. The van der Waals surface area contributed by atoms with Crippen molar-refractivity contribution >= 4 is 23.3 Å². The number of nitrogens with zero attached hydrogens (tertiary/aromatic N) is 1. The molecular formula is C10H12ClN3O2. The average Bonchev–Trinajstić information content (AvgIpc) is 2.25. The standard InChI is InChI=1S/C10H12ClN3O2/c1-7(13-14-10(12)15)6-16-9-4-2-8(11)3-5-9/h2-5H,6H2,1H3,(H3,12,14,15). The molecule has 0 aliphatic heterocycles. The Morgan fingerprint density at radius 3 is 2.69 bits per heavy atom. The number of carbonyl (C=O) groups excluding carboxylic acids is 1. The van der Waals surface area contributed by atoms with Gasteiger partial charge in [0, 0.05) is 5.02 Å². The minimum absolute atomic E-state index is 0.266. The first-order valence-electron chi connectivity index (χ1n) is 4.55. The van der Waals surface area contributed by atoms with E-state index in [2.05, 4.69) is 10.5 Å². The van der Waals surface area contributed by atoms with E-state index in [1.54, 1.807) is 31.2 Å². The lowest BCUT2D eigenvalue weighted by molar-refractivity contribution is 0.249. The summed E-state index contributed by atoms with van der Waals surface area (Å²) in [5.41, 5.74) is 7.57. The SMILES string of the molecule is CC(COc1ccc(Cl)cc1)=NNC(N)=O. The summed E-state index contributed by atoms with van der Waals surface area (Å²) in [4.78, 5) is 10.4. The van der Waals surface area contributed by atoms with Crippen molar-refractivity contribution in [1.29, 1.82) is 0 Å². The molecule has 0 saturated carbocycles. The van der Waals surface area contributed by atoms with Gasteiger partial charge in [-0.1, -0.05) is 11.6 Å². The number of hydrogen-bond acceptors (Lipinski definition) is 3. The maximum absolute atomic E-state index is 10.4. The van der Waals surface area contributed by atoms with Crippen LogP contribution in [0.1, 0.15) is 6.92 Å². The Labute approximate surface area is 98.2 Å². The molecule has 6 heteroatoms. The predicted octanol–water partition coefficient (Wildman–Crippen LogP) is 1.76. The van der Waals surface area contributed by atoms with Gasteiger partial charge in [-0.05, 0) is 31.2 Å². The topological polar surface area (TPSA) is 76.7 Å². The van der Waals surface area contributed by atoms with Gasteiger partial charge in [0.15, 0.2) is 0 Å². The lowest BCUT2D eigenvalue weighted by Gasteiger charge is -2.05. The summed E-state index contributed by atoms with van der Waals surface area (Å²) in [6, 6.07) is 6.25. The second-order valence-electron chi connectivity index (χ2n) is 3.07. The number of nitrogens with two attached hydrogens (primary N) is 1. The minimum atomic E-state index is -0.703. The molecule has 16 heavy (non-hydrogen) atoms. The summed E-state index contributed by atoms with van der Waals surface area (Å²) in [6.07, 6.45) is 0. The Bertz CT molecular complexity index is 390. The van der Waals surface area contributed by atoms with Gasteiger partial charge in [-0.3, -0.25) is 0 Å². The molecule has 0 spiro atoms. The van der Waals surface area contributed by atoms with Crippen molar-refractivity contribution < 1.29 is 9.53 Å². The van der Waals surface area contributed by atoms with Crippen molar-refractivity contribution in [2.75, 3.05) is 6.61 Å². The Morgan fingerprint density at radius 2 is 2.12 bits per heavy atom. The number of benzene rings is 1. The number of hydrogen-bond donors (Lipinski definition) is 2. The first-order chi connectivity index (χ1) is 7.58. The van der Waals surface area contributed by atoms with E-state index >= 15 is 0 Å². The highest BCUT2D eigenvalue weighted by Crippen LogP contribution is 2.15. The van der Waals surface area contributed by atoms with Gasteiger partial charge in [0.25, 0.3) is 0 Å². The Balaban J connectivity index is 2.42. The van der Waals surface area contributed by atoms with Crippen LogP contribution in [0.5, 0.6) is 5.75 Å². The molecule has 1 aromatic carbocycles. The average molecular weight is 242 g/mol. The number of halogens is 1. The first kappa shape index (κ1) is 12.3. The number of carbonyl (C=O) groups is 1. The number of primary amides is 1. The van der Waals surface area contributed by atoms with Gasteiger partial charge in [0.2, 0.25) is 0 Å². The van der Waals surface area contributed by atoms with Gasteiger partial charge in [0.1, 0.15) is 12.4 Å². The van der Waals surface area contributed by atoms with Crippen molar-refractivity contribution in [2.45, 2.75) is 6.92 Å². The number of ether oxygens (including phenoxy) is 1. The third kappa shape index (κ3) is 4.65. The second-order valence-corrected chi connectivity index (χ2v) is 3.50. The number of rotatable bonds is 4. The molecule has 0 saturated heterocycles. The molecule has 0 bridgehead atoms. The molecule has 1 aromatic rings. The summed E-state index contributed by atoms with van der Waals surface area (Å²) in [6.45, 7) is 1.98. The Hall–Kier alpha value is -1.75. The molecular weight excluding hydrogens is 230 g/mol. The van der Waals surface area contributed by atoms with Crippen molar-refractivity contribution in [3.63, 3.8) is 0 Å². The lowest BCUT2D eigenvalue weighted by atomic mass is 10.3. The van der Waals surface area contributed by atoms with Crippen LogP contribution in [0.3, 0.4) is 0 Å². The van der Waals surface area contributed by atoms with Crippen molar-refractivity contribution in [3.8, 4) is 5.75 Å². The zero-order valence-corrected chi connectivity index (χ0v) is 9.49. The quantitative estimate of drug-likeness (QED) is 0.623. The fourth-order valence-corrected chi connectivity index (χ4v) is 1.03. The van der Waals surface area contributed by atoms with E-state index in [0.29, 0.717) is 16.5 Å². The van der Waals surface area contributed by atoms with Crippen LogP contribution in [0.15, 0.2) is 29.4 Å². The van der Waals surface area contributed by atoms with Crippen LogP contribution in [0.25, 0.3) is 0 Å². The molecule has 0 aliphatic rings. The molecule has 0 aliphatic carbocycles. The van der Waals surface area contributed by atoms with E-state index in [-0.39, 0.29) is 6.61 Å². The molecule has 0 aromatic heterocycles. The highest BCUT2D eigenvalue weighted by Gasteiger charge is 1.96. The maximum atomic E-state index is 10.4. The molecule has 5 nitrogen and oxygen atoms in total. The van der Waals surface area contributed by atoms with E-state index in [4.69, 9.17) is 22.1 Å². The number of nitrogens with one attached hydrogen (secondary N) is 1. The van der Waals surface area contributed by atoms with Gasteiger partial charge in [0.05, 0.1) is 5.71 Å². The van der Waals surface area contributed by atoms with Crippen LogP contribution in [0.4, 0.5) is 4.79 Å². The van der Waals surface area contributed by atoms with E-state index in [1.807, 2.05) is 0 Å². The third-order valence-corrected chi connectivity index (χ3v) is 1.87. The molecule has 0 heterocycles. The summed E-state index contributed by atoms with van der Waals surface area (Å²) in [7, 11) is 0. The largest absolute Gasteiger partial charge is 0.488 e. The van der Waals surface area contributed by atoms with Crippen molar-refractivity contribution in [3.05, 3.63) is 29.3 Å². The van der Waals surface area contributed by atoms with Crippen LogP contribution < -0.4 is 15.9 Å². The predicted molar refractivity (Wildman–Crippen MR) is 62.8 cm³/mol. The Morgan fingerprint density at radius 1 is 1.50 bits per heavy atom. The van der Waals surface area contributed by atoms with Crippen LogP contribution >= 0.6 is 11.6 Å². The number of amides is 2. The molecule has 1 rings (SSSR count). The fraction of sp³-hybridized carbons (Fsp3) is 0.200. The number of urea groups is 1. The summed E-state index contributed by atoms with van der Waals surface area (Å²) in [5, 5.41) is 4.34. The maximum Gasteiger partial charge on any atom is 0.332 e. The van der Waals surface area contributed by atoms with E-state index in [0.717, 1.165) is 0 Å². The summed E-state index contributed by atoms with van der Waals surface area (Å²) >= 11 is 5.72. The first-order valence-corrected chi connectivity index (χ1v) is 4.92. The van der Waals surface area contributed by atoms with Crippen LogP contribution in [0, 0.1) is 0 Å². The number of hydrazone groups is 1. The molecule has 0 unspecified atom stereocenters. The van der Waals surface area contributed by atoms with Crippen molar-refractivity contribution in [1.82, 2.24) is 5.43 Å². The van der Waals surface area contributed by atoms with Crippen LogP contribution in [0.2, 0.25) is 5.02 Å². The van der Waals surface area contributed by atoms with E-state index < -0.39 is 6.03 Å². The van der Waals surface area contributed by atoms with Gasteiger partial charge < -0.3 is 10.5 Å². The highest BCUT2D eigenvalue weighted by atomic mass is 35.5. The lowest BCUT2D eigenvalue weighted by Crippen LogP contribution is -2.26. The van der Waals surface area contributed by atoms with Gasteiger partial charge in [-0.15, -0.1) is 0 Å². The molecule has 3 N–H and O–H groups in total. The monoisotopic (exact) mass is 241 g/mol. The zero-order chi connectivity index (χ0) is 12.0. The van der Waals surface area contributed by atoms with E-state index in [9.17, 15) is 4.79 Å². The second kappa shape index (κ2) is 5.97. The minimum Gasteiger partial charge on any atom is -0.488 e. The van der Waals surface area contributed by atoms with Gasteiger partial charge in [-0.25, -0.2) is 10.2 Å². The molecule has 0 fully saturated rings. The van der Waals surface area contributed by atoms with E-state index in [1.165, 1.54) is 0 Å².